The quantitative estimate of drug-likeness (QED) is 0.840. The summed E-state index contributed by atoms with van der Waals surface area (Å²) in [6, 6.07) is 3.78. The molecular formula is C16H25N3O2. The summed E-state index contributed by atoms with van der Waals surface area (Å²) in [7, 11) is 0. The number of ether oxygens (including phenoxy) is 1. The first-order valence-corrected chi connectivity index (χ1v) is 7.66. The Labute approximate surface area is 126 Å². The molecule has 2 rings (SSSR count). The molecule has 1 aliphatic carbocycles. The second kappa shape index (κ2) is 6.89. The van der Waals surface area contributed by atoms with Crippen LogP contribution in [0.25, 0.3) is 0 Å². The van der Waals surface area contributed by atoms with Gasteiger partial charge in [-0.15, -0.1) is 0 Å². The number of nitrogens with one attached hydrogen (secondary N) is 1. The predicted octanol–water partition coefficient (Wildman–Crippen LogP) is 2.00. The molecule has 3 N–H and O–H groups in total. The van der Waals surface area contributed by atoms with Gasteiger partial charge in [0.25, 0.3) is 0 Å². The molecule has 0 atom stereocenters. The lowest BCUT2D eigenvalue weighted by Gasteiger charge is -2.26. The first-order chi connectivity index (χ1) is 10.1. The second-order valence-corrected chi connectivity index (χ2v) is 6.01. The number of hydrogen-bond donors (Lipinski definition) is 2. The van der Waals surface area contributed by atoms with Gasteiger partial charge in [0.05, 0.1) is 11.5 Å². The molecule has 1 aromatic rings. The van der Waals surface area contributed by atoms with Gasteiger partial charge in [0.15, 0.2) is 0 Å². The zero-order chi connectivity index (χ0) is 15.3. The third kappa shape index (κ3) is 3.73. The van der Waals surface area contributed by atoms with E-state index in [1.54, 1.807) is 6.20 Å². The van der Waals surface area contributed by atoms with Crippen molar-refractivity contribution < 1.29 is 9.53 Å². The van der Waals surface area contributed by atoms with Crippen molar-refractivity contribution in [3.63, 3.8) is 0 Å². The first kappa shape index (κ1) is 15.8. The van der Waals surface area contributed by atoms with Gasteiger partial charge >= 0.3 is 0 Å². The summed E-state index contributed by atoms with van der Waals surface area (Å²) in [6.45, 7) is 4.76. The number of rotatable bonds is 6. The molecule has 1 saturated carbocycles. The normalized spacial score (nSPS) is 17.0. The summed E-state index contributed by atoms with van der Waals surface area (Å²) in [5.74, 6) is 0.642. The lowest BCUT2D eigenvalue weighted by molar-refractivity contribution is -0.130. The molecule has 0 spiro atoms. The Morgan fingerprint density at radius 3 is 2.81 bits per heavy atom. The Kier molecular flexibility index (Phi) is 5.17. The molecule has 21 heavy (non-hydrogen) atoms. The van der Waals surface area contributed by atoms with E-state index in [1.165, 1.54) is 0 Å². The molecule has 1 heterocycles. The van der Waals surface area contributed by atoms with Gasteiger partial charge in [0, 0.05) is 24.8 Å². The standard InChI is InChI=1S/C16H25N3O2/c1-12(2)21-14-13(6-5-9-18-14)10-19-15(20)16(11-17)7-3-4-8-16/h5-6,9,12H,3-4,7-8,10-11,17H2,1-2H3,(H,19,20). The highest BCUT2D eigenvalue weighted by Gasteiger charge is 2.39. The smallest absolute Gasteiger partial charge is 0.227 e. The zero-order valence-corrected chi connectivity index (χ0v) is 12.9. The number of aromatic nitrogens is 1. The van der Waals surface area contributed by atoms with Crippen LogP contribution in [0.15, 0.2) is 18.3 Å². The lowest BCUT2D eigenvalue weighted by Crippen LogP contribution is -2.43. The van der Waals surface area contributed by atoms with Gasteiger partial charge in [-0.1, -0.05) is 18.9 Å². The first-order valence-electron chi connectivity index (χ1n) is 7.66. The molecule has 1 amide bonds. The maximum atomic E-state index is 12.5. The van der Waals surface area contributed by atoms with E-state index in [0.29, 0.717) is 19.0 Å². The highest BCUT2D eigenvalue weighted by Crippen LogP contribution is 2.37. The van der Waals surface area contributed by atoms with Crippen molar-refractivity contribution in [2.24, 2.45) is 11.1 Å². The van der Waals surface area contributed by atoms with Gasteiger partial charge in [-0.05, 0) is 32.8 Å². The van der Waals surface area contributed by atoms with E-state index < -0.39 is 0 Å². The highest BCUT2D eigenvalue weighted by molar-refractivity contribution is 5.83. The molecule has 1 fully saturated rings. The number of amides is 1. The van der Waals surface area contributed by atoms with Gasteiger partial charge < -0.3 is 15.8 Å². The van der Waals surface area contributed by atoms with Gasteiger partial charge in [-0.3, -0.25) is 4.79 Å². The minimum absolute atomic E-state index is 0.0552. The molecule has 1 aliphatic rings. The van der Waals surface area contributed by atoms with Crippen molar-refractivity contribution in [3.05, 3.63) is 23.9 Å². The summed E-state index contributed by atoms with van der Waals surface area (Å²) in [5.41, 5.74) is 6.36. The Balaban J connectivity index is 2.01. The molecule has 5 heteroatoms. The number of pyridine rings is 1. The van der Waals surface area contributed by atoms with Crippen LogP contribution in [0.3, 0.4) is 0 Å². The summed E-state index contributed by atoms with van der Waals surface area (Å²) in [5, 5.41) is 3.01. The highest BCUT2D eigenvalue weighted by atomic mass is 16.5. The predicted molar refractivity (Wildman–Crippen MR) is 81.8 cm³/mol. The second-order valence-electron chi connectivity index (χ2n) is 6.01. The van der Waals surface area contributed by atoms with Crippen LogP contribution >= 0.6 is 0 Å². The fourth-order valence-electron chi connectivity index (χ4n) is 2.83. The largest absolute Gasteiger partial charge is 0.475 e. The van der Waals surface area contributed by atoms with Gasteiger partial charge in [0.1, 0.15) is 0 Å². The van der Waals surface area contributed by atoms with E-state index in [9.17, 15) is 4.79 Å². The van der Waals surface area contributed by atoms with E-state index in [-0.39, 0.29) is 17.4 Å². The number of carbonyl (C=O) groups is 1. The van der Waals surface area contributed by atoms with Crippen LogP contribution in [-0.4, -0.2) is 23.5 Å². The number of nitrogens with zero attached hydrogens (tertiary/aromatic N) is 1. The third-order valence-corrected chi connectivity index (χ3v) is 4.07. The summed E-state index contributed by atoms with van der Waals surface area (Å²) in [4.78, 5) is 16.7. The molecule has 0 bridgehead atoms. The van der Waals surface area contributed by atoms with Crippen molar-refractivity contribution in [1.82, 2.24) is 10.3 Å². The van der Waals surface area contributed by atoms with Gasteiger partial charge in [-0.25, -0.2) is 4.98 Å². The molecule has 116 valence electrons. The molecule has 1 aromatic heterocycles. The van der Waals surface area contributed by atoms with Crippen LogP contribution < -0.4 is 15.8 Å². The molecular weight excluding hydrogens is 266 g/mol. The third-order valence-electron chi connectivity index (χ3n) is 4.07. The summed E-state index contributed by atoms with van der Waals surface area (Å²) in [6.07, 6.45) is 5.69. The van der Waals surface area contributed by atoms with E-state index in [2.05, 4.69) is 10.3 Å². The van der Waals surface area contributed by atoms with Crippen molar-refractivity contribution in [2.45, 2.75) is 52.2 Å². The molecule has 0 saturated heterocycles. The van der Waals surface area contributed by atoms with Crippen LogP contribution in [0.1, 0.15) is 45.1 Å². The minimum atomic E-state index is -0.374. The summed E-state index contributed by atoms with van der Waals surface area (Å²) < 4.78 is 5.67. The van der Waals surface area contributed by atoms with Crippen LogP contribution in [-0.2, 0) is 11.3 Å². The fourth-order valence-corrected chi connectivity index (χ4v) is 2.83. The van der Waals surface area contributed by atoms with E-state index >= 15 is 0 Å². The fraction of sp³-hybridized carbons (Fsp3) is 0.625. The van der Waals surface area contributed by atoms with E-state index in [0.717, 1.165) is 31.2 Å². The number of carbonyl (C=O) groups excluding carboxylic acids is 1. The minimum Gasteiger partial charge on any atom is -0.475 e. The van der Waals surface area contributed by atoms with Crippen LogP contribution in [0, 0.1) is 5.41 Å². The van der Waals surface area contributed by atoms with Crippen LogP contribution in [0.5, 0.6) is 5.88 Å². The maximum absolute atomic E-state index is 12.5. The van der Waals surface area contributed by atoms with Crippen molar-refractivity contribution in [3.8, 4) is 5.88 Å². The van der Waals surface area contributed by atoms with E-state index in [4.69, 9.17) is 10.5 Å². The zero-order valence-electron chi connectivity index (χ0n) is 12.9. The lowest BCUT2D eigenvalue weighted by atomic mass is 9.85. The van der Waals surface area contributed by atoms with Crippen molar-refractivity contribution in [1.29, 1.82) is 0 Å². The van der Waals surface area contributed by atoms with Crippen molar-refractivity contribution >= 4 is 5.91 Å². The SMILES string of the molecule is CC(C)Oc1ncccc1CNC(=O)C1(CN)CCCC1. The van der Waals surface area contributed by atoms with Crippen LogP contribution in [0.2, 0.25) is 0 Å². The Hall–Kier alpha value is -1.62. The molecule has 0 radical (unpaired) electrons. The Bertz CT molecular complexity index is 482. The topological polar surface area (TPSA) is 77.2 Å². The Morgan fingerprint density at radius 2 is 2.19 bits per heavy atom. The molecule has 0 unspecified atom stereocenters. The monoisotopic (exact) mass is 291 g/mol. The van der Waals surface area contributed by atoms with E-state index in [1.807, 2.05) is 26.0 Å². The average Bonchev–Trinajstić information content (AvgIpc) is 2.95. The molecule has 0 aliphatic heterocycles. The van der Waals surface area contributed by atoms with Gasteiger partial charge in [0.2, 0.25) is 11.8 Å². The van der Waals surface area contributed by atoms with Crippen molar-refractivity contribution in [2.75, 3.05) is 6.54 Å². The van der Waals surface area contributed by atoms with Crippen LogP contribution in [0.4, 0.5) is 0 Å². The van der Waals surface area contributed by atoms with Gasteiger partial charge in [-0.2, -0.15) is 0 Å². The number of hydrogen-bond acceptors (Lipinski definition) is 4. The summed E-state index contributed by atoms with van der Waals surface area (Å²) >= 11 is 0. The maximum Gasteiger partial charge on any atom is 0.227 e. The molecule has 0 aromatic carbocycles. The molecule has 5 nitrogen and oxygen atoms in total. The number of nitrogens with two attached hydrogens (primary N) is 1. The average molecular weight is 291 g/mol. The Morgan fingerprint density at radius 1 is 1.48 bits per heavy atom.